The molecular formula is C17H22N2O4. The number of nitrogens with one attached hydrogen (secondary N) is 2. The van der Waals surface area contributed by atoms with E-state index < -0.39 is 5.91 Å². The molecule has 0 radical (unpaired) electrons. The fraction of sp³-hybridized carbons (Fsp3) is 0.471. The van der Waals surface area contributed by atoms with Crippen LogP contribution < -0.4 is 10.6 Å². The summed E-state index contributed by atoms with van der Waals surface area (Å²) in [5.74, 6) is -1.19. The molecule has 1 aromatic rings. The molecule has 124 valence electrons. The third-order valence-electron chi connectivity index (χ3n) is 4.11. The lowest BCUT2D eigenvalue weighted by molar-refractivity contribution is -0.155. The molecule has 6 heteroatoms. The molecule has 2 rings (SSSR count). The van der Waals surface area contributed by atoms with Gasteiger partial charge in [-0.15, -0.1) is 0 Å². The molecule has 0 aromatic heterocycles. The lowest BCUT2D eigenvalue weighted by Crippen LogP contribution is -2.36. The van der Waals surface area contributed by atoms with Crippen molar-refractivity contribution in [2.24, 2.45) is 5.92 Å². The largest absolute Gasteiger partial charge is 0.455 e. The Hall–Kier alpha value is -2.37. The molecule has 0 aliphatic heterocycles. The van der Waals surface area contributed by atoms with E-state index in [9.17, 15) is 14.4 Å². The predicted molar refractivity (Wildman–Crippen MR) is 85.9 cm³/mol. The van der Waals surface area contributed by atoms with E-state index in [1.807, 2.05) is 32.0 Å². The highest BCUT2D eigenvalue weighted by Gasteiger charge is 2.27. The summed E-state index contributed by atoms with van der Waals surface area (Å²) in [6.45, 7) is 3.38. The van der Waals surface area contributed by atoms with E-state index in [1.165, 1.54) is 0 Å². The molecule has 0 saturated heterocycles. The number of aryl methyl sites for hydroxylation is 1. The van der Waals surface area contributed by atoms with Crippen molar-refractivity contribution in [2.75, 3.05) is 18.5 Å². The van der Waals surface area contributed by atoms with E-state index in [2.05, 4.69) is 10.6 Å². The van der Waals surface area contributed by atoms with Crippen molar-refractivity contribution < 1.29 is 19.1 Å². The summed E-state index contributed by atoms with van der Waals surface area (Å²) in [7, 11) is 0. The SMILES string of the molecule is Cc1cccc(NC(=O)CNC(=O)COC(=O)C2CCC2)c1C. The van der Waals surface area contributed by atoms with Gasteiger partial charge in [0.05, 0.1) is 12.5 Å². The van der Waals surface area contributed by atoms with Gasteiger partial charge in [-0.2, -0.15) is 0 Å². The summed E-state index contributed by atoms with van der Waals surface area (Å²) in [5.41, 5.74) is 2.79. The van der Waals surface area contributed by atoms with Crippen LogP contribution in [-0.4, -0.2) is 30.9 Å². The zero-order chi connectivity index (χ0) is 16.8. The molecule has 0 heterocycles. The zero-order valence-electron chi connectivity index (χ0n) is 13.5. The molecule has 1 aliphatic carbocycles. The van der Waals surface area contributed by atoms with Crippen LogP contribution in [0.25, 0.3) is 0 Å². The molecule has 0 unspecified atom stereocenters. The molecule has 1 aromatic carbocycles. The van der Waals surface area contributed by atoms with Crippen molar-refractivity contribution in [3.05, 3.63) is 29.3 Å². The van der Waals surface area contributed by atoms with Gasteiger partial charge in [0, 0.05) is 5.69 Å². The van der Waals surface area contributed by atoms with Crippen molar-refractivity contribution in [1.82, 2.24) is 5.32 Å². The van der Waals surface area contributed by atoms with Crippen molar-refractivity contribution in [3.63, 3.8) is 0 Å². The number of benzene rings is 1. The summed E-state index contributed by atoms with van der Waals surface area (Å²) in [6.07, 6.45) is 2.70. The third kappa shape index (κ3) is 4.81. The Labute approximate surface area is 135 Å². The van der Waals surface area contributed by atoms with Crippen LogP contribution in [0.4, 0.5) is 5.69 Å². The van der Waals surface area contributed by atoms with Gasteiger partial charge in [0.25, 0.3) is 5.91 Å². The smallest absolute Gasteiger partial charge is 0.309 e. The number of ether oxygens (including phenoxy) is 1. The van der Waals surface area contributed by atoms with Crippen LogP contribution in [0.3, 0.4) is 0 Å². The molecular weight excluding hydrogens is 296 g/mol. The van der Waals surface area contributed by atoms with Crippen LogP contribution in [0.5, 0.6) is 0 Å². The Kier molecular flexibility index (Phi) is 5.73. The quantitative estimate of drug-likeness (QED) is 0.782. The molecule has 2 amide bonds. The molecule has 23 heavy (non-hydrogen) atoms. The Morgan fingerprint density at radius 1 is 1.17 bits per heavy atom. The van der Waals surface area contributed by atoms with Gasteiger partial charge in [0.2, 0.25) is 5.91 Å². The van der Waals surface area contributed by atoms with Crippen LogP contribution in [0.2, 0.25) is 0 Å². The lowest BCUT2D eigenvalue weighted by atomic mass is 9.86. The standard InChI is InChI=1S/C17H22N2O4/c1-11-5-3-8-14(12(11)2)19-15(20)9-18-16(21)10-23-17(22)13-6-4-7-13/h3,5,8,13H,4,6-7,9-10H2,1-2H3,(H,18,21)(H,19,20). The molecule has 6 nitrogen and oxygen atoms in total. The third-order valence-corrected chi connectivity index (χ3v) is 4.11. The van der Waals surface area contributed by atoms with E-state index in [1.54, 1.807) is 0 Å². The number of amides is 2. The average Bonchev–Trinajstić information content (AvgIpc) is 2.46. The van der Waals surface area contributed by atoms with Crippen molar-refractivity contribution in [3.8, 4) is 0 Å². The van der Waals surface area contributed by atoms with E-state index >= 15 is 0 Å². The summed E-state index contributed by atoms with van der Waals surface area (Å²) >= 11 is 0. The molecule has 1 aliphatic rings. The van der Waals surface area contributed by atoms with E-state index in [0.717, 1.165) is 36.1 Å². The Morgan fingerprint density at radius 3 is 2.57 bits per heavy atom. The summed E-state index contributed by atoms with van der Waals surface area (Å²) in [4.78, 5) is 34.9. The molecule has 2 N–H and O–H groups in total. The van der Waals surface area contributed by atoms with Gasteiger partial charge in [0.1, 0.15) is 0 Å². The van der Waals surface area contributed by atoms with Crippen molar-refractivity contribution in [1.29, 1.82) is 0 Å². The second-order valence-corrected chi connectivity index (χ2v) is 5.81. The van der Waals surface area contributed by atoms with Crippen LogP contribution in [0.15, 0.2) is 18.2 Å². The summed E-state index contributed by atoms with van der Waals surface area (Å²) in [5, 5.41) is 5.19. The Bertz CT molecular complexity index is 609. The zero-order valence-corrected chi connectivity index (χ0v) is 13.5. The van der Waals surface area contributed by atoms with Gasteiger partial charge in [-0.25, -0.2) is 0 Å². The summed E-state index contributed by atoms with van der Waals surface area (Å²) in [6, 6.07) is 5.63. The number of esters is 1. The molecule has 0 atom stereocenters. The number of anilines is 1. The molecule has 0 bridgehead atoms. The predicted octanol–water partition coefficient (Wildman–Crippen LogP) is 1.70. The summed E-state index contributed by atoms with van der Waals surface area (Å²) < 4.78 is 4.91. The first-order valence-corrected chi connectivity index (χ1v) is 7.77. The number of carbonyl (C=O) groups excluding carboxylic acids is 3. The fourth-order valence-electron chi connectivity index (χ4n) is 2.21. The van der Waals surface area contributed by atoms with Gasteiger partial charge in [-0.05, 0) is 43.9 Å². The Morgan fingerprint density at radius 2 is 1.91 bits per heavy atom. The average molecular weight is 318 g/mol. The van der Waals surface area contributed by atoms with Gasteiger partial charge in [-0.1, -0.05) is 18.6 Å². The minimum Gasteiger partial charge on any atom is -0.455 e. The van der Waals surface area contributed by atoms with Crippen LogP contribution in [0, 0.1) is 19.8 Å². The maximum atomic E-state index is 11.8. The second kappa shape index (κ2) is 7.76. The van der Waals surface area contributed by atoms with Gasteiger partial charge < -0.3 is 15.4 Å². The monoisotopic (exact) mass is 318 g/mol. The minimum atomic E-state index is -0.478. The lowest BCUT2D eigenvalue weighted by Gasteiger charge is -2.22. The number of rotatable bonds is 6. The van der Waals surface area contributed by atoms with Crippen LogP contribution >= 0.6 is 0 Å². The molecule has 0 spiro atoms. The number of hydrogen-bond donors (Lipinski definition) is 2. The first-order valence-electron chi connectivity index (χ1n) is 7.77. The first-order chi connectivity index (χ1) is 11.0. The highest BCUT2D eigenvalue weighted by atomic mass is 16.5. The minimum absolute atomic E-state index is 0.0598. The highest BCUT2D eigenvalue weighted by molar-refractivity contribution is 5.95. The first kappa shape index (κ1) is 17.0. The van der Waals surface area contributed by atoms with Crippen LogP contribution in [-0.2, 0) is 19.1 Å². The normalized spacial score (nSPS) is 13.8. The maximum absolute atomic E-state index is 11.8. The number of carbonyl (C=O) groups is 3. The maximum Gasteiger partial charge on any atom is 0.309 e. The van der Waals surface area contributed by atoms with Gasteiger partial charge >= 0.3 is 5.97 Å². The van der Waals surface area contributed by atoms with Crippen LogP contribution in [0.1, 0.15) is 30.4 Å². The number of hydrogen-bond acceptors (Lipinski definition) is 4. The highest BCUT2D eigenvalue weighted by Crippen LogP contribution is 2.27. The van der Waals surface area contributed by atoms with Crippen molar-refractivity contribution >= 4 is 23.5 Å². The fourth-order valence-corrected chi connectivity index (χ4v) is 2.21. The van der Waals surface area contributed by atoms with E-state index in [0.29, 0.717) is 0 Å². The second-order valence-electron chi connectivity index (χ2n) is 5.81. The Balaban J connectivity index is 1.70. The van der Waals surface area contributed by atoms with Gasteiger partial charge in [-0.3, -0.25) is 14.4 Å². The van der Waals surface area contributed by atoms with E-state index in [-0.39, 0.29) is 30.9 Å². The van der Waals surface area contributed by atoms with Gasteiger partial charge in [0.15, 0.2) is 6.61 Å². The van der Waals surface area contributed by atoms with E-state index in [4.69, 9.17) is 4.74 Å². The molecule has 1 saturated carbocycles. The topological polar surface area (TPSA) is 84.5 Å². The molecule has 1 fully saturated rings. The van der Waals surface area contributed by atoms with Crippen molar-refractivity contribution in [2.45, 2.75) is 33.1 Å².